The summed E-state index contributed by atoms with van der Waals surface area (Å²) in [5.74, 6) is -2.11. The Morgan fingerprint density at radius 3 is 2.52 bits per heavy atom. The summed E-state index contributed by atoms with van der Waals surface area (Å²) in [4.78, 5) is 38.2. The third-order valence-corrected chi connectivity index (χ3v) is 5.44. The van der Waals surface area contributed by atoms with Crippen LogP contribution in [0.1, 0.15) is 38.5 Å². The smallest absolute Gasteiger partial charge is 0.329 e. The number of para-hydroxylation sites is 1. The zero-order valence-electron chi connectivity index (χ0n) is 13.8. The van der Waals surface area contributed by atoms with Crippen molar-refractivity contribution in [1.82, 2.24) is 5.32 Å². The number of nitrogens with zero attached hydrogens (tertiary/aromatic N) is 1. The topological polar surface area (TPSA) is 86.7 Å². The number of carboxylic acid groups (broad SMARTS) is 1. The summed E-state index contributed by atoms with van der Waals surface area (Å²) < 4.78 is 0. The van der Waals surface area contributed by atoms with Crippen LogP contribution in [0.2, 0.25) is 5.02 Å². The first-order valence-electron chi connectivity index (χ1n) is 8.53. The number of halogens is 1. The van der Waals surface area contributed by atoms with Gasteiger partial charge in [-0.3, -0.25) is 9.59 Å². The molecule has 1 atom stereocenters. The van der Waals surface area contributed by atoms with E-state index in [9.17, 15) is 19.5 Å². The summed E-state index contributed by atoms with van der Waals surface area (Å²) in [6, 6.07) is 6.99. The van der Waals surface area contributed by atoms with E-state index in [4.69, 9.17) is 11.6 Å². The highest BCUT2D eigenvalue weighted by atomic mass is 35.5. The van der Waals surface area contributed by atoms with E-state index in [2.05, 4.69) is 5.32 Å². The van der Waals surface area contributed by atoms with E-state index in [-0.39, 0.29) is 24.8 Å². The van der Waals surface area contributed by atoms with Gasteiger partial charge in [-0.15, -0.1) is 0 Å². The Hall–Kier alpha value is -2.08. The average Bonchev–Trinajstić information content (AvgIpc) is 2.98. The molecule has 2 fully saturated rings. The lowest BCUT2D eigenvalue weighted by atomic mass is 9.81. The molecule has 2 aliphatic rings. The molecule has 2 N–H and O–H groups in total. The van der Waals surface area contributed by atoms with Crippen molar-refractivity contribution >= 4 is 35.1 Å². The molecule has 1 aromatic carbocycles. The van der Waals surface area contributed by atoms with Crippen molar-refractivity contribution in [3.8, 4) is 0 Å². The molecule has 7 heteroatoms. The second-order valence-corrected chi connectivity index (χ2v) is 7.20. The van der Waals surface area contributed by atoms with Crippen molar-refractivity contribution in [3.63, 3.8) is 0 Å². The van der Waals surface area contributed by atoms with E-state index in [0.29, 0.717) is 23.6 Å². The molecule has 1 aromatic rings. The number of carbonyl (C=O) groups is 3. The number of anilines is 1. The van der Waals surface area contributed by atoms with Crippen LogP contribution in [-0.2, 0) is 14.4 Å². The largest absolute Gasteiger partial charge is 0.480 e. The summed E-state index contributed by atoms with van der Waals surface area (Å²) in [5, 5.41) is 12.8. The molecule has 1 saturated heterocycles. The first-order valence-corrected chi connectivity index (χ1v) is 8.91. The molecule has 1 heterocycles. The molecule has 2 amide bonds. The predicted octanol–water partition coefficient (Wildman–Crippen LogP) is 2.60. The van der Waals surface area contributed by atoms with E-state index in [1.54, 1.807) is 24.3 Å². The fraction of sp³-hybridized carbons (Fsp3) is 0.500. The van der Waals surface area contributed by atoms with Crippen molar-refractivity contribution in [2.75, 3.05) is 11.4 Å². The summed E-state index contributed by atoms with van der Waals surface area (Å²) in [7, 11) is 0. The van der Waals surface area contributed by atoms with Gasteiger partial charge in [0.05, 0.1) is 16.6 Å². The Labute approximate surface area is 151 Å². The molecular formula is C18H21ClN2O4. The average molecular weight is 365 g/mol. The maximum Gasteiger partial charge on any atom is 0.329 e. The van der Waals surface area contributed by atoms with Gasteiger partial charge in [-0.1, -0.05) is 43.0 Å². The van der Waals surface area contributed by atoms with Crippen molar-refractivity contribution < 1.29 is 19.5 Å². The van der Waals surface area contributed by atoms with Crippen molar-refractivity contribution in [2.24, 2.45) is 5.92 Å². The number of carboxylic acids is 1. The van der Waals surface area contributed by atoms with Crippen LogP contribution in [0.25, 0.3) is 0 Å². The number of carbonyl (C=O) groups excluding carboxylic acids is 2. The molecule has 0 radical (unpaired) electrons. The van der Waals surface area contributed by atoms with Gasteiger partial charge in [-0.25, -0.2) is 4.79 Å². The monoisotopic (exact) mass is 364 g/mol. The van der Waals surface area contributed by atoms with E-state index < -0.39 is 17.4 Å². The third kappa shape index (κ3) is 3.49. The molecule has 0 aromatic heterocycles. The van der Waals surface area contributed by atoms with Crippen LogP contribution in [0.5, 0.6) is 0 Å². The fourth-order valence-corrected chi connectivity index (χ4v) is 3.91. The molecule has 1 aliphatic carbocycles. The van der Waals surface area contributed by atoms with Gasteiger partial charge in [0.1, 0.15) is 5.54 Å². The molecular weight excluding hydrogens is 344 g/mol. The van der Waals surface area contributed by atoms with E-state index >= 15 is 0 Å². The quantitative estimate of drug-likeness (QED) is 0.859. The van der Waals surface area contributed by atoms with Crippen molar-refractivity contribution in [2.45, 2.75) is 44.1 Å². The lowest BCUT2D eigenvalue weighted by Gasteiger charge is -2.34. The van der Waals surface area contributed by atoms with Crippen LogP contribution in [0.15, 0.2) is 24.3 Å². The minimum absolute atomic E-state index is 0.0623. The van der Waals surface area contributed by atoms with Crippen LogP contribution in [0.4, 0.5) is 5.69 Å². The van der Waals surface area contributed by atoms with Crippen LogP contribution in [0.3, 0.4) is 0 Å². The molecule has 0 unspecified atom stereocenters. The summed E-state index contributed by atoms with van der Waals surface area (Å²) in [6.07, 6.45) is 3.47. The number of aliphatic carboxylic acids is 1. The molecule has 25 heavy (non-hydrogen) atoms. The molecule has 1 saturated carbocycles. The van der Waals surface area contributed by atoms with E-state index in [1.165, 1.54) is 4.90 Å². The summed E-state index contributed by atoms with van der Waals surface area (Å²) in [5.41, 5.74) is -0.619. The molecule has 3 rings (SSSR count). The Balaban J connectivity index is 1.72. The summed E-state index contributed by atoms with van der Waals surface area (Å²) in [6.45, 7) is 0.212. The van der Waals surface area contributed by atoms with Crippen molar-refractivity contribution in [1.29, 1.82) is 0 Å². The highest BCUT2D eigenvalue weighted by molar-refractivity contribution is 6.33. The minimum Gasteiger partial charge on any atom is -0.480 e. The lowest BCUT2D eigenvalue weighted by molar-refractivity contribution is -0.149. The Bertz CT molecular complexity index is 700. The zero-order chi connectivity index (χ0) is 18.0. The minimum atomic E-state index is -1.20. The van der Waals surface area contributed by atoms with Crippen molar-refractivity contribution in [3.05, 3.63) is 29.3 Å². The molecule has 0 spiro atoms. The Morgan fingerprint density at radius 2 is 1.88 bits per heavy atom. The number of rotatable bonds is 4. The van der Waals surface area contributed by atoms with Gasteiger partial charge >= 0.3 is 5.97 Å². The maximum absolute atomic E-state index is 12.6. The number of nitrogens with one attached hydrogen (secondary N) is 1. The van der Waals surface area contributed by atoms with Gasteiger partial charge in [0.25, 0.3) is 0 Å². The predicted molar refractivity (Wildman–Crippen MR) is 93.5 cm³/mol. The molecule has 134 valence electrons. The van der Waals surface area contributed by atoms with Crippen LogP contribution in [0, 0.1) is 5.92 Å². The normalized spacial score (nSPS) is 22.7. The van der Waals surface area contributed by atoms with Crippen LogP contribution >= 0.6 is 11.6 Å². The Morgan fingerprint density at radius 1 is 1.20 bits per heavy atom. The second kappa shape index (κ2) is 7.04. The zero-order valence-corrected chi connectivity index (χ0v) is 14.6. The fourth-order valence-electron chi connectivity index (χ4n) is 3.67. The number of benzene rings is 1. The number of hydrogen-bond donors (Lipinski definition) is 2. The van der Waals surface area contributed by atoms with Gasteiger partial charge in [-0.05, 0) is 25.0 Å². The van der Waals surface area contributed by atoms with Gasteiger partial charge < -0.3 is 15.3 Å². The van der Waals surface area contributed by atoms with Crippen LogP contribution < -0.4 is 10.2 Å². The standard InChI is InChI=1S/C18H21ClN2O4/c19-13-6-2-3-7-14(13)21-11-12(10-15(21)22)16(23)20-18(17(24)25)8-4-1-5-9-18/h2-3,6-7,12H,1,4-5,8-11H2,(H,20,23)(H,24,25)/t12-/m1/s1. The number of amides is 2. The third-order valence-electron chi connectivity index (χ3n) is 5.12. The van der Waals surface area contributed by atoms with Gasteiger partial charge in [0.15, 0.2) is 0 Å². The number of hydrogen-bond acceptors (Lipinski definition) is 3. The highest BCUT2D eigenvalue weighted by Gasteiger charge is 2.44. The van der Waals surface area contributed by atoms with E-state index in [1.807, 2.05) is 0 Å². The van der Waals surface area contributed by atoms with Gasteiger partial charge in [0.2, 0.25) is 11.8 Å². The SMILES string of the molecule is O=C(NC1(C(=O)O)CCCCC1)[C@@H]1CC(=O)N(c2ccccc2Cl)C1. The second-order valence-electron chi connectivity index (χ2n) is 6.79. The molecule has 6 nitrogen and oxygen atoms in total. The van der Waals surface area contributed by atoms with E-state index in [0.717, 1.165) is 19.3 Å². The van der Waals surface area contributed by atoms with Gasteiger partial charge in [-0.2, -0.15) is 0 Å². The first kappa shape index (κ1) is 17.7. The van der Waals surface area contributed by atoms with Gasteiger partial charge in [0, 0.05) is 13.0 Å². The molecule has 1 aliphatic heterocycles. The maximum atomic E-state index is 12.6. The Kier molecular flexibility index (Phi) is 4.99. The lowest BCUT2D eigenvalue weighted by Crippen LogP contribution is -2.57. The first-order chi connectivity index (χ1) is 11.9. The highest BCUT2D eigenvalue weighted by Crippen LogP contribution is 2.33. The van der Waals surface area contributed by atoms with Crippen LogP contribution in [-0.4, -0.2) is 35.0 Å². The molecule has 0 bridgehead atoms. The summed E-state index contributed by atoms with van der Waals surface area (Å²) >= 11 is 6.14.